The van der Waals surface area contributed by atoms with Crippen LogP contribution >= 0.6 is 11.6 Å². The predicted octanol–water partition coefficient (Wildman–Crippen LogP) is 2.64. The highest BCUT2D eigenvalue weighted by Gasteiger charge is 2.16. The van der Waals surface area contributed by atoms with Crippen LogP contribution in [0.1, 0.15) is 12.5 Å². The molecule has 0 aliphatic rings. The summed E-state index contributed by atoms with van der Waals surface area (Å²) in [7, 11) is 0. The average molecular weight is 363 g/mol. The summed E-state index contributed by atoms with van der Waals surface area (Å²) >= 11 is 5.76. The maximum atomic E-state index is 12.0. The second-order valence-corrected chi connectivity index (χ2v) is 5.74. The van der Waals surface area contributed by atoms with Gasteiger partial charge in [-0.15, -0.1) is 0 Å². The maximum Gasteiger partial charge on any atom is 0.279 e. The third-order valence-corrected chi connectivity index (χ3v) is 3.53. The number of carbonyl (C=O) groups excluding carboxylic acids is 2. The first-order valence-electron chi connectivity index (χ1n) is 7.65. The topological polar surface area (TPSA) is 76.7 Å². The van der Waals surface area contributed by atoms with Gasteiger partial charge in [0.05, 0.1) is 0 Å². The molecule has 0 radical (unpaired) electrons. The normalized spacial score (nSPS) is 11.3. The van der Waals surface area contributed by atoms with Gasteiger partial charge in [-0.1, -0.05) is 29.8 Å². The smallest absolute Gasteiger partial charge is 0.279 e. The van der Waals surface area contributed by atoms with Crippen molar-refractivity contribution in [1.29, 1.82) is 0 Å². The molecule has 0 spiro atoms. The summed E-state index contributed by atoms with van der Waals surface area (Å²) in [6.45, 7) is 3.24. The molecule has 1 unspecified atom stereocenters. The van der Waals surface area contributed by atoms with Crippen LogP contribution in [0.5, 0.6) is 11.5 Å². The molecule has 0 aliphatic heterocycles. The summed E-state index contributed by atoms with van der Waals surface area (Å²) < 4.78 is 10.8. The van der Waals surface area contributed by atoms with Gasteiger partial charge in [0, 0.05) is 5.02 Å². The Labute approximate surface area is 151 Å². The Bertz CT molecular complexity index is 734. The van der Waals surface area contributed by atoms with E-state index in [1.54, 1.807) is 37.3 Å². The zero-order valence-corrected chi connectivity index (χ0v) is 14.7. The Balaban J connectivity index is 1.74. The average Bonchev–Trinajstić information content (AvgIpc) is 2.61. The van der Waals surface area contributed by atoms with Crippen LogP contribution in [0.3, 0.4) is 0 Å². The van der Waals surface area contributed by atoms with Gasteiger partial charge >= 0.3 is 0 Å². The number of benzene rings is 2. The molecule has 2 aromatic rings. The van der Waals surface area contributed by atoms with Gasteiger partial charge in [-0.05, 0) is 49.7 Å². The van der Waals surface area contributed by atoms with Crippen LogP contribution in [0.25, 0.3) is 0 Å². The van der Waals surface area contributed by atoms with Gasteiger partial charge in [0.25, 0.3) is 11.8 Å². The molecule has 132 valence electrons. The molecule has 2 N–H and O–H groups in total. The lowest BCUT2D eigenvalue weighted by Gasteiger charge is -2.16. The number of para-hydroxylation sites is 1. The van der Waals surface area contributed by atoms with Crippen LogP contribution in [-0.2, 0) is 9.59 Å². The first-order chi connectivity index (χ1) is 12.0. The van der Waals surface area contributed by atoms with Crippen LogP contribution in [0.2, 0.25) is 5.02 Å². The van der Waals surface area contributed by atoms with E-state index in [9.17, 15) is 9.59 Å². The monoisotopic (exact) mass is 362 g/mol. The van der Waals surface area contributed by atoms with Gasteiger partial charge in [0.1, 0.15) is 11.5 Å². The second kappa shape index (κ2) is 8.94. The number of hydrogen-bond acceptors (Lipinski definition) is 4. The lowest BCUT2D eigenvalue weighted by atomic mass is 10.2. The van der Waals surface area contributed by atoms with Crippen molar-refractivity contribution in [2.24, 2.45) is 0 Å². The highest BCUT2D eigenvalue weighted by Crippen LogP contribution is 2.17. The molecule has 0 fully saturated rings. The predicted molar refractivity (Wildman–Crippen MR) is 94.5 cm³/mol. The Kier molecular flexibility index (Phi) is 6.65. The molecular weight excluding hydrogens is 344 g/mol. The molecule has 0 saturated carbocycles. The number of amides is 2. The van der Waals surface area contributed by atoms with E-state index in [-0.39, 0.29) is 6.61 Å². The van der Waals surface area contributed by atoms with Crippen molar-refractivity contribution in [3.05, 3.63) is 59.1 Å². The van der Waals surface area contributed by atoms with Crippen LogP contribution in [0, 0.1) is 6.92 Å². The molecule has 0 aromatic heterocycles. The lowest BCUT2D eigenvalue weighted by molar-refractivity contribution is -0.133. The summed E-state index contributed by atoms with van der Waals surface area (Å²) in [4.78, 5) is 23.7. The highest BCUT2D eigenvalue weighted by atomic mass is 35.5. The van der Waals surface area contributed by atoms with E-state index in [0.29, 0.717) is 16.5 Å². The SMILES string of the molecule is Cc1ccccc1OC(C)C(=O)NNC(=O)COc1ccc(Cl)cc1. The van der Waals surface area contributed by atoms with E-state index in [1.165, 1.54) is 0 Å². The van der Waals surface area contributed by atoms with E-state index < -0.39 is 17.9 Å². The molecule has 0 saturated heterocycles. The van der Waals surface area contributed by atoms with E-state index >= 15 is 0 Å². The first kappa shape index (κ1) is 18.6. The van der Waals surface area contributed by atoms with Crippen molar-refractivity contribution in [3.63, 3.8) is 0 Å². The van der Waals surface area contributed by atoms with Crippen molar-refractivity contribution in [3.8, 4) is 11.5 Å². The maximum absolute atomic E-state index is 12.0. The quantitative estimate of drug-likeness (QED) is 0.774. The molecule has 2 rings (SSSR count). The summed E-state index contributed by atoms with van der Waals surface area (Å²) in [5.74, 6) is 0.152. The minimum absolute atomic E-state index is 0.241. The van der Waals surface area contributed by atoms with Crippen LogP contribution < -0.4 is 20.3 Å². The third-order valence-electron chi connectivity index (χ3n) is 3.28. The van der Waals surface area contributed by atoms with Crippen LogP contribution in [0.4, 0.5) is 0 Å². The summed E-state index contributed by atoms with van der Waals surface area (Å²) in [5, 5.41) is 0.576. The third kappa shape index (κ3) is 6.00. The van der Waals surface area contributed by atoms with Crippen LogP contribution in [0.15, 0.2) is 48.5 Å². The van der Waals surface area contributed by atoms with E-state index in [2.05, 4.69) is 10.9 Å². The molecule has 0 heterocycles. The zero-order valence-electron chi connectivity index (χ0n) is 13.9. The molecular formula is C18H19ClN2O4. The summed E-state index contributed by atoms with van der Waals surface area (Å²) in [5.41, 5.74) is 5.50. The highest BCUT2D eigenvalue weighted by molar-refractivity contribution is 6.30. The molecule has 1 atom stereocenters. The Hall–Kier alpha value is -2.73. The van der Waals surface area contributed by atoms with Gasteiger partial charge in [-0.25, -0.2) is 0 Å². The number of nitrogens with one attached hydrogen (secondary N) is 2. The van der Waals surface area contributed by atoms with E-state index in [0.717, 1.165) is 5.56 Å². The fraction of sp³-hybridized carbons (Fsp3) is 0.222. The van der Waals surface area contributed by atoms with Gasteiger partial charge < -0.3 is 9.47 Å². The van der Waals surface area contributed by atoms with Gasteiger partial charge in [-0.3, -0.25) is 20.4 Å². The molecule has 7 heteroatoms. The Morgan fingerprint density at radius 2 is 1.76 bits per heavy atom. The zero-order chi connectivity index (χ0) is 18.2. The lowest BCUT2D eigenvalue weighted by Crippen LogP contribution is -2.48. The van der Waals surface area contributed by atoms with Crippen molar-refractivity contribution < 1.29 is 19.1 Å². The number of hydrogen-bond donors (Lipinski definition) is 2. The Morgan fingerprint density at radius 1 is 1.08 bits per heavy atom. The first-order valence-corrected chi connectivity index (χ1v) is 8.03. The number of hydrazine groups is 1. The molecule has 2 aromatic carbocycles. The van der Waals surface area contributed by atoms with E-state index in [1.807, 2.05) is 25.1 Å². The standard InChI is InChI=1S/C18H19ClN2O4/c1-12-5-3-4-6-16(12)25-13(2)18(23)21-20-17(22)11-24-15-9-7-14(19)8-10-15/h3-10,13H,11H2,1-2H3,(H,20,22)(H,21,23). The van der Waals surface area contributed by atoms with Gasteiger partial charge in [0.15, 0.2) is 12.7 Å². The second-order valence-electron chi connectivity index (χ2n) is 5.31. The summed E-state index contributed by atoms with van der Waals surface area (Å²) in [6.07, 6.45) is -0.765. The fourth-order valence-electron chi connectivity index (χ4n) is 1.88. The van der Waals surface area contributed by atoms with Crippen molar-refractivity contribution in [1.82, 2.24) is 10.9 Å². The number of rotatable bonds is 6. The molecule has 2 amide bonds. The number of ether oxygens (including phenoxy) is 2. The van der Waals surface area contributed by atoms with Crippen molar-refractivity contribution in [2.45, 2.75) is 20.0 Å². The van der Waals surface area contributed by atoms with Gasteiger partial charge in [-0.2, -0.15) is 0 Å². The van der Waals surface area contributed by atoms with E-state index in [4.69, 9.17) is 21.1 Å². The van der Waals surface area contributed by atoms with Crippen molar-refractivity contribution >= 4 is 23.4 Å². The van der Waals surface area contributed by atoms with Crippen molar-refractivity contribution in [2.75, 3.05) is 6.61 Å². The minimum atomic E-state index is -0.765. The number of carbonyl (C=O) groups is 2. The van der Waals surface area contributed by atoms with Crippen LogP contribution in [-0.4, -0.2) is 24.5 Å². The number of halogens is 1. The fourth-order valence-corrected chi connectivity index (χ4v) is 2.01. The minimum Gasteiger partial charge on any atom is -0.484 e. The summed E-state index contributed by atoms with van der Waals surface area (Å²) in [6, 6.07) is 14.0. The number of aryl methyl sites for hydroxylation is 1. The Morgan fingerprint density at radius 3 is 2.44 bits per heavy atom. The molecule has 0 aliphatic carbocycles. The molecule has 0 bridgehead atoms. The molecule has 6 nitrogen and oxygen atoms in total. The molecule has 25 heavy (non-hydrogen) atoms. The largest absolute Gasteiger partial charge is 0.484 e. The van der Waals surface area contributed by atoms with Gasteiger partial charge in [0.2, 0.25) is 0 Å².